The van der Waals surface area contributed by atoms with Gasteiger partial charge in [0.2, 0.25) is 23.6 Å². The molecule has 4 aromatic rings. The number of halogens is 3. The highest BCUT2D eigenvalue weighted by molar-refractivity contribution is 6.31. The number of amides is 4. The van der Waals surface area contributed by atoms with Gasteiger partial charge in [-0.2, -0.15) is 0 Å². The molecule has 1 unspecified atom stereocenters. The van der Waals surface area contributed by atoms with E-state index < -0.39 is 40.7 Å². The first-order valence-electron chi connectivity index (χ1n) is 23.3. The Hall–Kier alpha value is -4.76. The lowest BCUT2D eigenvalue weighted by molar-refractivity contribution is -0.136. The van der Waals surface area contributed by atoms with Gasteiger partial charge in [-0.25, -0.2) is 9.18 Å². The average Bonchev–Trinajstić information content (AvgIpc) is 3.85. The third kappa shape index (κ3) is 7.20. The Bertz CT molecular complexity index is 2650. The Kier molecular flexibility index (Phi) is 11.6. The van der Waals surface area contributed by atoms with Crippen molar-refractivity contribution in [2.45, 2.75) is 124 Å². The molecule has 2 spiro atoms. The van der Waals surface area contributed by atoms with Crippen LogP contribution in [0.25, 0.3) is 11.0 Å². The molecular formula is C49H56Cl2FN7O6. The molecule has 4 atom stereocenters. The highest BCUT2D eigenvalue weighted by Gasteiger charge is 2.72. The molecule has 65 heavy (non-hydrogen) atoms. The first-order valence-corrected chi connectivity index (χ1v) is 24.1. The van der Waals surface area contributed by atoms with Crippen molar-refractivity contribution < 1.29 is 28.3 Å². The Morgan fingerprint density at radius 1 is 0.923 bits per heavy atom. The van der Waals surface area contributed by atoms with E-state index in [1.54, 1.807) is 43.0 Å². The van der Waals surface area contributed by atoms with E-state index >= 15 is 4.39 Å². The first kappa shape index (κ1) is 44.1. The summed E-state index contributed by atoms with van der Waals surface area (Å²) in [6.07, 6.45) is 9.80. The number of aromatic nitrogens is 2. The van der Waals surface area contributed by atoms with Gasteiger partial charge in [-0.05, 0) is 124 Å². The Labute approximate surface area is 387 Å². The first-order chi connectivity index (χ1) is 31.3. The maximum absolute atomic E-state index is 16.4. The van der Waals surface area contributed by atoms with Crippen molar-refractivity contribution in [2.75, 3.05) is 32.1 Å². The van der Waals surface area contributed by atoms with Gasteiger partial charge in [-0.1, -0.05) is 60.7 Å². The van der Waals surface area contributed by atoms with E-state index in [1.165, 1.54) is 10.6 Å². The number of ether oxygens (including phenoxy) is 1. The van der Waals surface area contributed by atoms with Crippen LogP contribution in [0, 0.1) is 11.7 Å². The van der Waals surface area contributed by atoms with Gasteiger partial charge in [0, 0.05) is 53.8 Å². The standard InChI is InChI=1S/C49H56Cl2FN7O6/c1-57-43-35(59(47(57)64)36-16-18-38(60)55-44(36)61)15-17-37(65-2)39(43)28-19-23-58(24-20-28)26-27-9-12-30(13-10-27)53-45(62)42-40(31-7-6-8-33(51)41(31)52)49(48(56-42)21-4-3-5-22-48)32-14-11-29(50)25-34(32)54-46(49)63/h6-8,11,14-15,17,25,27-28,30,36,40,42,56H,3-5,9-10,12-13,16,18-24,26H2,1-2H3,(H,53,62)(H,54,63)(H,55,60,61)/t27-,30-,36?,40-,42+,49+/m0/s1. The molecule has 5 fully saturated rings. The van der Waals surface area contributed by atoms with Crippen LogP contribution in [0.5, 0.6) is 5.75 Å². The Morgan fingerprint density at radius 2 is 1.68 bits per heavy atom. The van der Waals surface area contributed by atoms with Crippen molar-refractivity contribution >= 4 is 63.6 Å². The van der Waals surface area contributed by atoms with Gasteiger partial charge in [0.05, 0.1) is 29.2 Å². The minimum atomic E-state index is -1.28. The van der Waals surface area contributed by atoms with Crippen LogP contribution in [0.3, 0.4) is 0 Å². The molecule has 3 saturated heterocycles. The van der Waals surface area contributed by atoms with Crippen LogP contribution in [0.4, 0.5) is 10.1 Å². The molecule has 2 saturated carbocycles. The number of rotatable bonds is 8. The quantitative estimate of drug-likeness (QED) is 0.138. The summed E-state index contributed by atoms with van der Waals surface area (Å²) in [4.78, 5) is 70.5. The second-order valence-electron chi connectivity index (χ2n) is 19.4. The summed E-state index contributed by atoms with van der Waals surface area (Å²) in [5.41, 5.74) is 1.62. The second kappa shape index (κ2) is 17.2. The number of imide groups is 1. The Balaban J connectivity index is 0.827. The molecule has 4 aliphatic heterocycles. The molecule has 1 aromatic heterocycles. The molecule has 6 aliphatic rings. The SMILES string of the molecule is COc1ccc2c(c1C1CCN(C[C@H]3CC[C@H](NC(=O)[C@@H]4NC5(CCCCC5)[C@@]5(C(=O)Nc6cc(Cl)ccc65)[C@H]4c4cccc(Cl)c4F)CC3)CC1)n(C)c(=O)n2C1CCC(=O)NC1=O. The number of piperidine rings is 2. The number of hydrogen-bond acceptors (Lipinski definition) is 8. The van der Waals surface area contributed by atoms with Crippen molar-refractivity contribution in [1.29, 1.82) is 0 Å². The number of fused-ring (bicyclic) bond motifs is 4. The minimum absolute atomic E-state index is 0.0514. The van der Waals surface area contributed by atoms with Crippen LogP contribution in [0.2, 0.25) is 10.0 Å². The van der Waals surface area contributed by atoms with E-state index in [1.807, 2.05) is 18.2 Å². The topological polar surface area (TPSA) is 156 Å². The number of imidazole rings is 1. The van der Waals surface area contributed by atoms with E-state index in [2.05, 4.69) is 26.2 Å². The predicted molar refractivity (Wildman–Crippen MR) is 246 cm³/mol. The number of carbonyl (C=O) groups excluding carboxylic acids is 4. The number of aryl methyl sites for hydroxylation is 1. The summed E-state index contributed by atoms with van der Waals surface area (Å²) in [7, 11) is 3.38. The fraction of sp³-hybridized carbons (Fsp3) is 0.531. The average molecular weight is 929 g/mol. The zero-order valence-electron chi connectivity index (χ0n) is 36.8. The molecule has 4 amide bonds. The summed E-state index contributed by atoms with van der Waals surface area (Å²) >= 11 is 12.9. The minimum Gasteiger partial charge on any atom is -0.496 e. The number of likely N-dealkylation sites (tertiary alicyclic amines) is 1. The molecule has 16 heteroatoms. The molecule has 0 bridgehead atoms. The lowest BCUT2D eigenvalue weighted by Gasteiger charge is -2.47. The molecule has 344 valence electrons. The summed E-state index contributed by atoms with van der Waals surface area (Å²) < 4.78 is 25.4. The van der Waals surface area contributed by atoms with E-state index in [0.717, 1.165) is 99.8 Å². The van der Waals surface area contributed by atoms with Gasteiger partial charge in [-0.3, -0.25) is 38.9 Å². The monoisotopic (exact) mass is 927 g/mol. The van der Waals surface area contributed by atoms with E-state index in [9.17, 15) is 24.0 Å². The third-order valence-electron chi connectivity index (χ3n) is 16.0. The predicted octanol–water partition coefficient (Wildman–Crippen LogP) is 6.98. The van der Waals surface area contributed by atoms with Crippen molar-refractivity contribution in [3.8, 4) is 5.75 Å². The largest absolute Gasteiger partial charge is 0.496 e. The molecule has 3 aromatic carbocycles. The number of methoxy groups -OCH3 is 1. The number of carbonyl (C=O) groups is 4. The van der Waals surface area contributed by atoms with Gasteiger partial charge >= 0.3 is 5.69 Å². The zero-order chi connectivity index (χ0) is 45.4. The van der Waals surface area contributed by atoms with E-state index in [4.69, 9.17) is 27.9 Å². The highest BCUT2D eigenvalue weighted by Crippen LogP contribution is 2.63. The smallest absolute Gasteiger partial charge is 0.329 e. The van der Waals surface area contributed by atoms with Crippen molar-refractivity contribution in [3.05, 3.63) is 91.6 Å². The summed E-state index contributed by atoms with van der Waals surface area (Å²) in [6.45, 7) is 2.71. The fourth-order valence-corrected chi connectivity index (χ4v) is 13.4. The molecule has 2 aliphatic carbocycles. The summed E-state index contributed by atoms with van der Waals surface area (Å²) in [5.74, 6) is -1.44. The number of hydrogen-bond donors (Lipinski definition) is 4. The van der Waals surface area contributed by atoms with Crippen molar-refractivity contribution in [2.24, 2.45) is 13.0 Å². The fourth-order valence-electron chi connectivity index (χ4n) is 13.1. The van der Waals surface area contributed by atoms with Crippen LogP contribution < -0.4 is 31.7 Å². The Morgan fingerprint density at radius 3 is 2.40 bits per heavy atom. The van der Waals surface area contributed by atoms with Gasteiger partial charge in [0.15, 0.2) is 0 Å². The van der Waals surface area contributed by atoms with Gasteiger partial charge in [0.1, 0.15) is 23.0 Å². The van der Waals surface area contributed by atoms with Gasteiger partial charge in [0.25, 0.3) is 0 Å². The number of benzene rings is 3. The molecular weight excluding hydrogens is 872 g/mol. The van der Waals surface area contributed by atoms with Crippen LogP contribution in [0.15, 0.2) is 53.3 Å². The number of anilines is 1. The number of nitrogens with one attached hydrogen (secondary N) is 4. The molecule has 5 heterocycles. The van der Waals surface area contributed by atoms with Crippen molar-refractivity contribution in [1.82, 2.24) is 30.0 Å². The molecule has 10 rings (SSSR count). The van der Waals surface area contributed by atoms with Crippen LogP contribution >= 0.6 is 23.2 Å². The van der Waals surface area contributed by atoms with Crippen LogP contribution in [0.1, 0.15) is 118 Å². The second-order valence-corrected chi connectivity index (χ2v) is 20.2. The van der Waals surface area contributed by atoms with Crippen molar-refractivity contribution in [3.63, 3.8) is 0 Å². The normalized spacial score (nSPS) is 28.1. The van der Waals surface area contributed by atoms with E-state index in [0.29, 0.717) is 35.0 Å². The molecule has 13 nitrogen and oxygen atoms in total. The zero-order valence-corrected chi connectivity index (χ0v) is 38.3. The maximum atomic E-state index is 16.4. The maximum Gasteiger partial charge on any atom is 0.329 e. The van der Waals surface area contributed by atoms with Gasteiger partial charge < -0.3 is 20.3 Å². The lowest BCUT2D eigenvalue weighted by Crippen LogP contribution is -2.60. The molecule has 4 N–H and O–H groups in total. The summed E-state index contributed by atoms with van der Waals surface area (Å²) in [5, 5.41) is 13.1. The number of nitrogens with zero attached hydrogens (tertiary/aromatic N) is 3. The lowest BCUT2D eigenvalue weighted by atomic mass is 9.55. The van der Waals surface area contributed by atoms with Crippen LogP contribution in [-0.4, -0.2) is 82.0 Å². The van der Waals surface area contributed by atoms with E-state index in [-0.39, 0.29) is 58.8 Å². The van der Waals surface area contributed by atoms with Crippen LogP contribution in [-0.2, 0) is 31.6 Å². The third-order valence-corrected chi connectivity index (χ3v) is 16.5. The summed E-state index contributed by atoms with van der Waals surface area (Å²) in [6, 6.07) is 12.3. The van der Waals surface area contributed by atoms with Gasteiger partial charge in [-0.15, -0.1) is 0 Å². The molecule has 0 radical (unpaired) electrons. The highest BCUT2D eigenvalue weighted by atomic mass is 35.5.